The summed E-state index contributed by atoms with van der Waals surface area (Å²) < 4.78 is 2.14. The molecule has 3 heterocycles. The molecule has 5 aromatic carbocycles. The van der Waals surface area contributed by atoms with Crippen LogP contribution in [0.1, 0.15) is 39.8 Å². The highest BCUT2D eigenvalue weighted by molar-refractivity contribution is 6.03. The van der Waals surface area contributed by atoms with Gasteiger partial charge in [0.1, 0.15) is 11.2 Å². The number of imidazole rings is 1. The van der Waals surface area contributed by atoms with Crippen molar-refractivity contribution in [2.45, 2.75) is 24.9 Å². The second-order valence-corrected chi connectivity index (χ2v) is 12.3. The fraction of sp³-hybridized carbons (Fsp3) is 0.0952. The molecule has 8 aromatic rings. The molecular weight excluding hydrogens is 605 g/mol. The molecule has 1 amide bonds. The van der Waals surface area contributed by atoms with Crippen LogP contribution in [0.3, 0.4) is 0 Å². The number of benzene rings is 5. The van der Waals surface area contributed by atoms with Crippen molar-refractivity contribution in [1.82, 2.24) is 30.0 Å². The summed E-state index contributed by atoms with van der Waals surface area (Å²) in [7, 11) is 0. The van der Waals surface area contributed by atoms with Crippen LogP contribution in [0.5, 0.6) is 0 Å². The molecule has 7 heteroatoms. The molecule has 0 bridgehead atoms. The predicted molar refractivity (Wildman–Crippen MR) is 194 cm³/mol. The highest BCUT2D eigenvalue weighted by Crippen LogP contribution is 2.44. The van der Waals surface area contributed by atoms with E-state index in [9.17, 15) is 4.79 Å². The maximum Gasteiger partial charge on any atom is 0.287 e. The van der Waals surface area contributed by atoms with Gasteiger partial charge in [-0.1, -0.05) is 121 Å². The number of hydrogen-bond donors (Lipinski definition) is 2. The number of amides is 1. The van der Waals surface area contributed by atoms with E-state index in [1.165, 1.54) is 0 Å². The lowest BCUT2D eigenvalue weighted by Gasteiger charge is -2.37. The first-order valence-corrected chi connectivity index (χ1v) is 16.5. The molecule has 49 heavy (non-hydrogen) atoms. The predicted octanol–water partition coefficient (Wildman–Crippen LogP) is 8.18. The van der Waals surface area contributed by atoms with Gasteiger partial charge < -0.3 is 10.3 Å². The van der Waals surface area contributed by atoms with E-state index in [4.69, 9.17) is 10.1 Å². The number of carbonyl (C=O) groups excluding carboxylic acids is 1. The first kappa shape index (κ1) is 30.0. The Morgan fingerprint density at radius 3 is 1.88 bits per heavy atom. The zero-order valence-corrected chi connectivity index (χ0v) is 27.0. The third-order valence-corrected chi connectivity index (χ3v) is 9.11. The maximum absolute atomic E-state index is 13.5. The molecule has 1 unspecified atom stereocenters. The molecule has 8 rings (SSSR count). The minimum atomic E-state index is -0.839. The van der Waals surface area contributed by atoms with Crippen LogP contribution in [0.25, 0.3) is 33.2 Å². The average molecular weight is 639 g/mol. The number of aromatic nitrogens is 5. The van der Waals surface area contributed by atoms with Gasteiger partial charge in [0.15, 0.2) is 5.82 Å². The van der Waals surface area contributed by atoms with Crippen molar-refractivity contribution in [1.29, 1.82) is 0 Å². The minimum absolute atomic E-state index is 0.0720. The van der Waals surface area contributed by atoms with Crippen molar-refractivity contribution in [3.05, 3.63) is 186 Å². The van der Waals surface area contributed by atoms with Crippen molar-refractivity contribution >= 4 is 27.8 Å². The van der Waals surface area contributed by atoms with E-state index in [1.54, 1.807) is 12.4 Å². The number of hydrogen-bond acceptors (Lipinski definition) is 4. The first-order chi connectivity index (χ1) is 24.1. The molecule has 0 saturated carbocycles. The second-order valence-electron chi connectivity index (χ2n) is 12.3. The van der Waals surface area contributed by atoms with E-state index in [0.717, 1.165) is 56.4 Å². The van der Waals surface area contributed by atoms with E-state index in [-0.39, 0.29) is 17.8 Å². The molecule has 0 aliphatic heterocycles. The van der Waals surface area contributed by atoms with Crippen LogP contribution >= 0.6 is 0 Å². The molecule has 238 valence electrons. The van der Waals surface area contributed by atoms with Gasteiger partial charge in [-0.2, -0.15) is 5.10 Å². The van der Waals surface area contributed by atoms with Gasteiger partial charge in [0.25, 0.3) is 5.91 Å². The number of nitrogens with one attached hydrogen (secondary N) is 2. The van der Waals surface area contributed by atoms with E-state index in [1.807, 2.05) is 61.5 Å². The van der Waals surface area contributed by atoms with Gasteiger partial charge >= 0.3 is 0 Å². The molecule has 0 aliphatic carbocycles. The Hall–Kier alpha value is -6.34. The normalized spacial score (nSPS) is 12.3. The zero-order valence-electron chi connectivity index (χ0n) is 27.0. The summed E-state index contributed by atoms with van der Waals surface area (Å²) in [5, 5.41) is 9.51. The third-order valence-electron chi connectivity index (χ3n) is 9.11. The molecule has 3 aromatic heterocycles. The lowest BCUT2D eigenvalue weighted by Crippen LogP contribution is -2.38. The Kier molecular flexibility index (Phi) is 7.78. The highest BCUT2D eigenvalue weighted by atomic mass is 16.2. The van der Waals surface area contributed by atoms with Crippen molar-refractivity contribution in [2.75, 3.05) is 0 Å². The van der Waals surface area contributed by atoms with Crippen molar-refractivity contribution < 1.29 is 4.79 Å². The molecule has 0 radical (unpaired) electrons. The number of pyridine rings is 1. The molecule has 0 fully saturated rings. The van der Waals surface area contributed by atoms with Crippen LogP contribution < -0.4 is 5.32 Å². The quantitative estimate of drug-likeness (QED) is 0.156. The Bertz CT molecular complexity index is 2260. The van der Waals surface area contributed by atoms with Crippen LogP contribution in [-0.2, 0) is 12.0 Å². The van der Waals surface area contributed by atoms with Crippen LogP contribution in [0.4, 0.5) is 0 Å². The summed E-state index contributed by atoms with van der Waals surface area (Å²) in [6.07, 6.45) is 4.29. The van der Waals surface area contributed by atoms with Crippen molar-refractivity contribution in [2.24, 2.45) is 0 Å². The minimum Gasteiger partial charge on any atom is -0.347 e. The van der Waals surface area contributed by atoms with Crippen molar-refractivity contribution in [3.8, 4) is 11.3 Å². The van der Waals surface area contributed by atoms with Crippen LogP contribution in [0.2, 0.25) is 0 Å². The molecule has 0 saturated heterocycles. The van der Waals surface area contributed by atoms with Crippen molar-refractivity contribution in [3.63, 3.8) is 0 Å². The van der Waals surface area contributed by atoms with E-state index in [0.29, 0.717) is 5.52 Å². The number of carbonyl (C=O) groups is 1. The summed E-state index contributed by atoms with van der Waals surface area (Å²) >= 11 is 0. The maximum atomic E-state index is 13.5. The molecule has 2 N–H and O–H groups in total. The lowest BCUT2D eigenvalue weighted by molar-refractivity contribution is 0.0931. The van der Waals surface area contributed by atoms with Gasteiger partial charge in [0, 0.05) is 29.4 Å². The summed E-state index contributed by atoms with van der Waals surface area (Å²) in [6, 6.07) is 49.6. The largest absolute Gasteiger partial charge is 0.347 e. The smallest absolute Gasteiger partial charge is 0.287 e. The monoisotopic (exact) mass is 638 g/mol. The topological polar surface area (TPSA) is 88.5 Å². The van der Waals surface area contributed by atoms with Gasteiger partial charge in [-0.05, 0) is 59.9 Å². The van der Waals surface area contributed by atoms with Gasteiger partial charge in [0.05, 0.1) is 16.6 Å². The standard InChI is InChI=1S/C42H34N6O/c1-29(26-30-14-6-2-7-15-30)44-41(49)40-45-36-27-35-38(28-37(36)46-40)48(47-39(35)31-22-24-43-25-23-31)42(32-16-8-3-9-17-32,33-18-10-4-11-19-33)34-20-12-5-13-21-34/h2-25,27-29H,26H2,1H3,(H,44,49)(H,45,46). The Labute approximate surface area is 284 Å². The summed E-state index contributed by atoms with van der Waals surface area (Å²) in [5.74, 6) is 0.0276. The average Bonchev–Trinajstić information content (AvgIpc) is 3.75. The zero-order chi connectivity index (χ0) is 33.2. The van der Waals surface area contributed by atoms with Gasteiger partial charge in [0.2, 0.25) is 0 Å². The van der Waals surface area contributed by atoms with Gasteiger partial charge in [-0.15, -0.1) is 0 Å². The Morgan fingerprint density at radius 1 is 0.755 bits per heavy atom. The van der Waals surface area contributed by atoms with Gasteiger partial charge in [-0.3, -0.25) is 9.78 Å². The third kappa shape index (κ3) is 5.45. The Morgan fingerprint density at radius 2 is 1.31 bits per heavy atom. The first-order valence-electron chi connectivity index (χ1n) is 16.5. The molecule has 0 spiro atoms. The molecule has 1 atom stereocenters. The molecular formula is C42H34N6O. The van der Waals surface area contributed by atoms with Crippen LogP contribution in [0, 0.1) is 0 Å². The number of H-pyrrole nitrogens is 1. The summed E-state index contributed by atoms with van der Waals surface area (Å²) in [6.45, 7) is 2.01. The van der Waals surface area contributed by atoms with E-state index in [2.05, 4.69) is 111 Å². The number of rotatable bonds is 9. The SMILES string of the molecule is CC(Cc1ccccc1)NC(=O)c1nc2cc3c(-c4ccncc4)nn(C(c4ccccc4)(c4ccccc4)c4ccccc4)c3cc2[nH]1. The fourth-order valence-electron chi connectivity index (χ4n) is 6.92. The number of nitrogens with zero attached hydrogens (tertiary/aromatic N) is 4. The van der Waals surface area contributed by atoms with Gasteiger partial charge in [-0.25, -0.2) is 9.67 Å². The van der Waals surface area contributed by atoms with Crippen LogP contribution in [0.15, 0.2) is 158 Å². The Balaban J connectivity index is 1.35. The van der Waals surface area contributed by atoms with E-state index >= 15 is 0 Å². The fourth-order valence-corrected chi connectivity index (χ4v) is 6.92. The van der Waals surface area contributed by atoms with Crippen LogP contribution in [-0.4, -0.2) is 36.7 Å². The number of aromatic amines is 1. The summed E-state index contributed by atoms with van der Waals surface area (Å²) in [4.78, 5) is 25.9. The molecule has 0 aliphatic rings. The van der Waals surface area contributed by atoms with E-state index < -0.39 is 5.54 Å². The lowest BCUT2D eigenvalue weighted by atomic mass is 9.77. The number of fused-ring (bicyclic) bond motifs is 2. The second kappa shape index (κ2) is 12.7. The highest BCUT2D eigenvalue weighted by Gasteiger charge is 2.41. The molecule has 7 nitrogen and oxygen atoms in total. The summed E-state index contributed by atoms with van der Waals surface area (Å²) in [5.41, 5.74) is 7.59.